The van der Waals surface area contributed by atoms with Gasteiger partial charge in [-0.05, 0) is 104 Å². The van der Waals surface area contributed by atoms with E-state index in [0.717, 1.165) is 54.9 Å². The van der Waals surface area contributed by atoms with Crippen molar-refractivity contribution in [1.82, 2.24) is 4.90 Å². The van der Waals surface area contributed by atoms with Crippen molar-refractivity contribution < 1.29 is 14.3 Å². The minimum Gasteiger partial charge on any atom is -0.497 e. The van der Waals surface area contributed by atoms with Gasteiger partial charge in [-0.15, -0.1) is 0 Å². The monoisotopic (exact) mass is 589 g/mol. The third-order valence-corrected chi connectivity index (χ3v) is 9.21. The zero-order valence-electron chi connectivity index (χ0n) is 26.6. The molecule has 230 valence electrons. The zero-order chi connectivity index (χ0) is 30.7. The normalized spacial score (nSPS) is 14.8. The summed E-state index contributed by atoms with van der Waals surface area (Å²) in [5.41, 5.74) is 6.05. The number of likely N-dealkylation sites (tertiary alicyclic amines) is 1. The molecular weight excluding hydrogens is 542 g/mol. The summed E-state index contributed by atoms with van der Waals surface area (Å²) >= 11 is 0. The number of rotatable bonds is 14. The minimum absolute atomic E-state index is 0.162. The van der Waals surface area contributed by atoms with Gasteiger partial charge in [-0.2, -0.15) is 0 Å². The lowest BCUT2D eigenvalue weighted by Gasteiger charge is -2.28. The van der Waals surface area contributed by atoms with E-state index >= 15 is 0 Å². The van der Waals surface area contributed by atoms with Gasteiger partial charge in [-0.1, -0.05) is 98.8 Å². The average Bonchev–Trinajstić information content (AvgIpc) is 3.58. The summed E-state index contributed by atoms with van der Waals surface area (Å²) in [5.74, 6) is 1.89. The average molecular weight is 590 g/mol. The maximum atomic E-state index is 13.9. The van der Waals surface area contributed by atoms with Gasteiger partial charge < -0.3 is 9.47 Å². The molecule has 4 heteroatoms. The molecule has 0 saturated carbocycles. The molecule has 2 atom stereocenters. The number of benzene rings is 4. The van der Waals surface area contributed by atoms with E-state index in [9.17, 15) is 4.79 Å². The van der Waals surface area contributed by atoms with Crippen LogP contribution in [0.3, 0.4) is 0 Å². The zero-order valence-corrected chi connectivity index (χ0v) is 26.6. The van der Waals surface area contributed by atoms with Crippen LogP contribution in [0.2, 0.25) is 0 Å². The van der Waals surface area contributed by atoms with Gasteiger partial charge in [0.25, 0.3) is 0 Å². The first kappa shape index (κ1) is 31.5. The summed E-state index contributed by atoms with van der Waals surface area (Å²) in [6, 6.07) is 35.7. The highest BCUT2D eigenvalue weighted by Gasteiger charge is 2.27. The molecule has 0 bridgehead atoms. The van der Waals surface area contributed by atoms with Crippen LogP contribution in [0.1, 0.15) is 79.2 Å². The molecule has 4 nitrogen and oxygen atoms in total. The molecule has 0 radical (unpaired) electrons. The van der Waals surface area contributed by atoms with Gasteiger partial charge in [0, 0.05) is 12.1 Å². The van der Waals surface area contributed by atoms with Crippen molar-refractivity contribution in [2.45, 2.75) is 70.8 Å². The van der Waals surface area contributed by atoms with Crippen LogP contribution < -0.4 is 9.47 Å². The number of hydrogen-bond acceptors (Lipinski definition) is 4. The second-order valence-corrected chi connectivity index (χ2v) is 12.2. The summed E-state index contributed by atoms with van der Waals surface area (Å²) in [5, 5.41) is 0. The Morgan fingerprint density at radius 3 is 1.82 bits per heavy atom. The molecule has 0 aliphatic carbocycles. The van der Waals surface area contributed by atoms with E-state index in [1.807, 2.05) is 36.4 Å². The highest BCUT2D eigenvalue weighted by atomic mass is 16.5. The van der Waals surface area contributed by atoms with Crippen LogP contribution in [0.4, 0.5) is 0 Å². The van der Waals surface area contributed by atoms with Gasteiger partial charge in [-0.3, -0.25) is 9.69 Å². The largest absolute Gasteiger partial charge is 0.497 e. The maximum absolute atomic E-state index is 13.9. The van der Waals surface area contributed by atoms with E-state index < -0.39 is 0 Å². The van der Waals surface area contributed by atoms with E-state index in [0.29, 0.717) is 30.4 Å². The van der Waals surface area contributed by atoms with Gasteiger partial charge in [0.2, 0.25) is 0 Å². The van der Waals surface area contributed by atoms with E-state index in [1.165, 1.54) is 24.0 Å². The molecule has 1 heterocycles. The summed E-state index contributed by atoms with van der Waals surface area (Å²) in [4.78, 5) is 16.4. The Kier molecular flexibility index (Phi) is 11.3. The number of carbonyl (C=O) groups excluding carboxylic acids is 1. The van der Waals surface area contributed by atoms with E-state index in [4.69, 9.17) is 9.47 Å². The Hall–Kier alpha value is -3.89. The Morgan fingerprint density at radius 2 is 1.27 bits per heavy atom. The van der Waals surface area contributed by atoms with Crippen LogP contribution in [-0.2, 0) is 24.2 Å². The Balaban J connectivity index is 1.43. The minimum atomic E-state index is -0.276. The number of carbonyl (C=O) groups is 1. The molecule has 0 N–H and O–H groups in total. The van der Waals surface area contributed by atoms with Crippen molar-refractivity contribution in [3.63, 3.8) is 0 Å². The highest BCUT2D eigenvalue weighted by molar-refractivity contribution is 5.76. The molecule has 1 aliphatic rings. The molecule has 1 fully saturated rings. The molecule has 4 aromatic carbocycles. The molecule has 4 aromatic rings. The lowest BCUT2D eigenvalue weighted by atomic mass is 9.78. The van der Waals surface area contributed by atoms with Crippen LogP contribution >= 0.6 is 0 Å². The van der Waals surface area contributed by atoms with Crippen molar-refractivity contribution in [2.75, 3.05) is 20.2 Å². The predicted octanol–water partition coefficient (Wildman–Crippen LogP) is 8.99. The van der Waals surface area contributed by atoms with Crippen molar-refractivity contribution >= 4 is 5.97 Å². The number of hydrogen-bond donors (Lipinski definition) is 0. The fraction of sp³-hybridized carbons (Fsp3) is 0.375. The first-order chi connectivity index (χ1) is 21.6. The lowest BCUT2D eigenvalue weighted by molar-refractivity contribution is -0.139. The fourth-order valence-corrected chi connectivity index (χ4v) is 6.82. The number of esters is 1. The molecule has 1 aliphatic heterocycles. The molecule has 0 amide bonds. The van der Waals surface area contributed by atoms with Crippen molar-refractivity contribution in [1.29, 1.82) is 0 Å². The summed E-state index contributed by atoms with van der Waals surface area (Å²) in [7, 11) is 1.71. The van der Waals surface area contributed by atoms with Gasteiger partial charge in [0.15, 0.2) is 0 Å². The van der Waals surface area contributed by atoms with Crippen LogP contribution in [-0.4, -0.2) is 31.1 Å². The summed E-state index contributed by atoms with van der Waals surface area (Å²) < 4.78 is 11.8. The SMILES string of the molecule is CC[C@H](c1ccc(OC)cc1)[C@@H](CC)c1ccc(OC(=O)C(Cc2ccccc2)Cc2ccccc2)c(CN2CCCC2)c1. The molecule has 0 aromatic heterocycles. The third kappa shape index (κ3) is 8.18. The first-order valence-electron chi connectivity index (χ1n) is 16.4. The molecule has 0 spiro atoms. The van der Waals surface area contributed by atoms with Gasteiger partial charge in [0.1, 0.15) is 11.5 Å². The van der Waals surface area contributed by atoms with Crippen molar-refractivity contribution in [2.24, 2.45) is 5.92 Å². The van der Waals surface area contributed by atoms with E-state index in [1.54, 1.807) is 7.11 Å². The van der Waals surface area contributed by atoms with Crippen molar-refractivity contribution in [3.8, 4) is 11.5 Å². The lowest BCUT2D eigenvalue weighted by Crippen LogP contribution is -2.26. The third-order valence-electron chi connectivity index (χ3n) is 9.21. The second-order valence-electron chi connectivity index (χ2n) is 12.2. The number of nitrogens with zero attached hydrogens (tertiary/aromatic N) is 1. The molecule has 44 heavy (non-hydrogen) atoms. The Bertz CT molecular complexity index is 1400. The molecule has 1 saturated heterocycles. The van der Waals surface area contributed by atoms with E-state index in [-0.39, 0.29) is 11.9 Å². The molecule has 5 rings (SSSR count). The smallest absolute Gasteiger partial charge is 0.315 e. The molecular formula is C40H47NO3. The first-order valence-corrected chi connectivity index (χ1v) is 16.4. The van der Waals surface area contributed by atoms with Crippen LogP contribution in [0.25, 0.3) is 0 Å². The summed E-state index contributed by atoms with van der Waals surface area (Å²) in [6.45, 7) is 7.53. The van der Waals surface area contributed by atoms with Crippen LogP contribution in [0.15, 0.2) is 103 Å². The summed E-state index contributed by atoms with van der Waals surface area (Å²) in [6.07, 6.45) is 5.81. The molecule has 0 unspecified atom stereocenters. The van der Waals surface area contributed by atoms with Gasteiger partial charge in [-0.25, -0.2) is 0 Å². The number of methoxy groups -OCH3 is 1. The maximum Gasteiger partial charge on any atom is 0.315 e. The predicted molar refractivity (Wildman–Crippen MR) is 179 cm³/mol. The van der Waals surface area contributed by atoms with E-state index in [2.05, 4.69) is 85.5 Å². The fourth-order valence-electron chi connectivity index (χ4n) is 6.82. The van der Waals surface area contributed by atoms with Crippen LogP contribution in [0, 0.1) is 5.92 Å². The van der Waals surface area contributed by atoms with Crippen LogP contribution in [0.5, 0.6) is 11.5 Å². The van der Waals surface area contributed by atoms with Gasteiger partial charge >= 0.3 is 5.97 Å². The topological polar surface area (TPSA) is 38.8 Å². The standard InChI is InChI=1S/C40H47NO3/c1-4-37(32-18-21-36(43-3)22-19-32)38(5-2)33-20-23-39(35(28-33)29-41-24-12-13-25-41)44-40(42)34(26-30-14-8-6-9-15-30)27-31-16-10-7-11-17-31/h6-11,14-23,28,34,37-38H,4-5,12-13,24-27,29H2,1-3H3/t37-,38+/m1/s1. The quantitative estimate of drug-likeness (QED) is 0.109. The highest BCUT2D eigenvalue weighted by Crippen LogP contribution is 2.40. The Morgan fingerprint density at radius 1 is 0.727 bits per heavy atom. The van der Waals surface area contributed by atoms with Gasteiger partial charge in [0.05, 0.1) is 13.0 Å². The Labute approximate surface area is 264 Å². The second kappa shape index (κ2) is 15.7. The number of ether oxygens (including phenoxy) is 2. The van der Waals surface area contributed by atoms with Crippen molar-refractivity contribution in [3.05, 3.63) is 131 Å².